The van der Waals surface area contributed by atoms with Gasteiger partial charge in [-0.15, -0.1) is 0 Å². The van der Waals surface area contributed by atoms with E-state index in [-0.39, 0.29) is 0 Å². The van der Waals surface area contributed by atoms with Crippen molar-refractivity contribution in [2.24, 2.45) is 4.99 Å². The number of hydrogen-bond donors (Lipinski definition) is 1. The molecule has 0 spiro atoms. The maximum absolute atomic E-state index is 5.77. The van der Waals surface area contributed by atoms with Gasteiger partial charge in [0.2, 0.25) is 0 Å². The van der Waals surface area contributed by atoms with Crippen LogP contribution in [0.3, 0.4) is 0 Å². The molecule has 0 aliphatic carbocycles. The van der Waals surface area contributed by atoms with Crippen molar-refractivity contribution in [1.29, 1.82) is 0 Å². The summed E-state index contributed by atoms with van der Waals surface area (Å²) in [6.45, 7) is 12.6. The highest BCUT2D eigenvalue weighted by Gasteiger charge is 2.24. The number of nitrogens with zero attached hydrogens (tertiary/aromatic N) is 4. The molecule has 0 radical (unpaired) electrons. The van der Waals surface area contributed by atoms with Crippen LogP contribution in [0.2, 0.25) is 0 Å². The largest absolute Gasteiger partial charge is 0.378 e. The minimum atomic E-state index is 0.416. The normalized spacial score (nSPS) is 21.0. The first-order valence-corrected chi connectivity index (χ1v) is 10.8. The van der Waals surface area contributed by atoms with Crippen LogP contribution in [0.4, 0.5) is 5.69 Å². The second kappa shape index (κ2) is 10.7. The van der Waals surface area contributed by atoms with E-state index in [4.69, 9.17) is 4.74 Å². The summed E-state index contributed by atoms with van der Waals surface area (Å²) in [6.07, 6.45) is 2.59. The molecule has 0 aromatic heterocycles. The number of guanidine groups is 1. The maximum atomic E-state index is 5.77. The van der Waals surface area contributed by atoms with E-state index in [2.05, 4.69) is 69.2 Å². The summed E-state index contributed by atoms with van der Waals surface area (Å²) in [7, 11) is 1.89. The van der Waals surface area contributed by atoms with Crippen LogP contribution in [0.25, 0.3) is 0 Å². The zero-order valence-electron chi connectivity index (χ0n) is 17.8. The molecule has 2 saturated heterocycles. The molecular formula is C22H37N5O. The molecule has 0 saturated carbocycles. The van der Waals surface area contributed by atoms with E-state index in [1.807, 2.05) is 7.05 Å². The van der Waals surface area contributed by atoms with Crippen LogP contribution in [0.15, 0.2) is 35.3 Å². The van der Waals surface area contributed by atoms with Gasteiger partial charge in [0.15, 0.2) is 5.96 Å². The van der Waals surface area contributed by atoms with E-state index in [0.29, 0.717) is 12.1 Å². The molecule has 3 rings (SSSR count). The van der Waals surface area contributed by atoms with Crippen molar-refractivity contribution in [2.75, 3.05) is 64.4 Å². The first-order valence-electron chi connectivity index (χ1n) is 10.8. The third kappa shape index (κ3) is 5.61. The Kier molecular flexibility index (Phi) is 7.98. The van der Waals surface area contributed by atoms with Crippen LogP contribution in [0.5, 0.6) is 0 Å². The van der Waals surface area contributed by atoms with Gasteiger partial charge in [-0.2, -0.15) is 0 Å². The second-order valence-corrected chi connectivity index (χ2v) is 7.78. The first-order chi connectivity index (χ1) is 13.7. The van der Waals surface area contributed by atoms with Crippen molar-refractivity contribution in [1.82, 2.24) is 15.1 Å². The molecular weight excluding hydrogens is 350 g/mol. The molecule has 156 valence electrons. The van der Waals surface area contributed by atoms with Crippen molar-refractivity contribution in [3.63, 3.8) is 0 Å². The third-order valence-electron chi connectivity index (χ3n) is 5.97. The molecule has 1 aromatic rings. The topological polar surface area (TPSA) is 43.3 Å². The lowest BCUT2D eigenvalue weighted by Crippen LogP contribution is -2.54. The van der Waals surface area contributed by atoms with Crippen molar-refractivity contribution in [2.45, 2.75) is 38.8 Å². The van der Waals surface area contributed by atoms with Crippen LogP contribution in [0.1, 0.15) is 26.7 Å². The maximum Gasteiger partial charge on any atom is 0.193 e. The Balaban J connectivity index is 1.40. The van der Waals surface area contributed by atoms with E-state index in [0.717, 1.165) is 71.2 Å². The average Bonchev–Trinajstić information content (AvgIpc) is 2.76. The van der Waals surface area contributed by atoms with Crippen LogP contribution < -0.4 is 10.2 Å². The standard InChI is InChI=1S/C22H37N5O/c1-4-28-21-10-12-27(13-11-21)22(23-3)24-18-19(2)25-14-16-26(17-15-25)20-8-6-5-7-9-20/h5-9,19,21H,4,10-18H2,1-3H3,(H,23,24). The Morgan fingerprint density at radius 1 is 1.11 bits per heavy atom. The second-order valence-electron chi connectivity index (χ2n) is 7.78. The summed E-state index contributed by atoms with van der Waals surface area (Å²) in [5.74, 6) is 1.03. The SMILES string of the molecule is CCOC1CCN(C(=NC)NCC(C)N2CCN(c3ccccc3)CC2)CC1. The number of piperidine rings is 1. The number of hydrogen-bond acceptors (Lipinski definition) is 4. The average molecular weight is 388 g/mol. The number of ether oxygens (including phenoxy) is 1. The molecule has 2 heterocycles. The lowest BCUT2D eigenvalue weighted by Gasteiger charge is -2.40. The molecule has 6 nitrogen and oxygen atoms in total. The van der Waals surface area contributed by atoms with Crippen molar-refractivity contribution in [3.05, 3.63) is 30.3 Å². The van der Waals surface area contributed by atoms with Gasteiger partial charge >= 0.3 is 0 Å². The van der Waals surface area contributed by atoms with Crippen molar-refractivity contribution in [3.8, 4) is 0 Å². The van der Waals surface area contributed by atoms with Gasteiger partial charge in [0.05, 0.1) is 6.10 Å². The van der Waals surface area contributed by atoms with Crippen LogP contribution >= 0.6 is 0 Å². The lowest BCUT2D eigenvalue weighted by molar-refractivity contribution is 0.0263. The van der Waals surface area contributed by atoms with Gasteiger partial charge in [0, 0.05) is 71.2 Å². The number of piperazine rings is 1. The monoisotopic (exact) mass is 387 g/mol. The van der Waals surface area contributed by atoms with E-state index >= 15 is 0 Å². The van der Waals surface area contributed by atoms with Gasteiger partial charge in [-0.1, -0.05) is 18.2 Å². The molecule has 0 bridgehead atoms. The Bertz CT molecular complexity index is 592. The molecule has 0 amide bonds. The molecule has 2 fully saturated rings. The molecule has 2 aliphatic heterocycles. The molecule has 1 aromatic carbocycles. The fourth-order valence-electron chi connectivity index (χ4n) is 4.23. The number of likely N-dealkylation sites (tertiary alicyclic amines) is 1. The Morgan fingerprint density at radius 2 is 1.79 bits per heavy atom. The number of benzene rings is 1. The van der Waals surface area contributed by atoms with Crippen molar-refractivity contribution < 1.29 is 4.74 Å². The quantitative estimate of drug-likeness (QED) is 0.599. The van der Waals surface area contributed by atoms with Gasteiger partial charge in [-0.25, -0.2) is 0 Å². The minimum Gasteiger partial charge on any atom is -0.378 e. The van der Waals surface area contributed by atoms with Gasteiger partial charge in [0.25, 0.3) is 0 Å². The van der Waals surface area contributed by atoms with E-state index < -0.39 is 0 Å². The van der Waals surface area contributed by atoms with E-state index in [1.54, 1.807) is 0 Å². The molecule has 1 N–H and O–H groups in total. The Hall–Kier alpha value is -1.79. The molecule has 1 unspecified atom stereocenters. The molecule has 28 heavy (non-hydrogen) atoms. The smallest absolute Gasteiger partial charge is 0.193 e. The van der Waals surface area contributed by atoms with Gasteiger partial charge in [-0.05, 0) is 38.8 Å². The van der Waals surface area contributed by atoms with Gasteiger partial charge in [-0.3, -0.25) is 9.89 Å². The van der Waals surface area contributed by atoms with Crippen molar-refractivity contribution >= 4 is 11.6 Å². The summed E-state index contributed by atoms with van der Waals surface area (Å²) in [5, 5.41) is 3.61. The predicted molar refractivity (Wildman–Crippen MR) is 117 cm³/mol. The number of para-hydroxylation sites is 1. The number of anilines is 1. The highest BCUT2D eigenvalue weighted by Crippen LogP contribution is 2.17. The minimum absolute atomic E-state index is 0.416. The highest BCUT2D eigenvalue weighted by molar-refractivity contribution is 5.80. The summed E-state index contributed by atoms with van der Waals surface area (Å²) in [5.41, 5.74) is 1.34. The van der Waals surface area contributed by atoms with E-state index in [9.17, 15) is 0 Å². The highest BCUT2D eigenvalue weighted by atomic mass is 16.5. The lowest BCUT2D eigenvalue weighted by atomic mass is 10.1. The van der Waals surface area contributed by atoms with E-state index in [1.165, 1.54) is 5.69 Å². The molecule has 6 heteroatoms. The van der Waals surface area contributed by atoms with Gasteiger partial charge in [0.1, 0.15) is 0 Å². The zero-order chi connectivity index (χ0) is 19.8. The van der Waals surface area contributed by atoms with Crippen LogP contribution in [0, 0.1) is 0 Å². The number of rotatable bonds is 6. The third-order valence-corrected chi connectivity index (χ3v) is 5.97. The van der Waals surface area contributed by atoms with Gasteiger partial charge < -0.3 is 19.9 Å². The van der Waals surface area contributed by atoms with Crippen LogP contribution in [-0.4, -0.2) is 87.4 Å². The summed E-state index contributed by atoms with van der Waals surface area (Å²) < 4.78 is 5.77. The summed E-state index contributed by atoms with van der Waals surface area (Å²) >= 11 is 0. The van der Waals surface area contributed by atoms with Crippen LogP contribution in [-0.2, 0) is 4.74 Å². The fourth-order valence-corrected chi connectivity index (χ4v) is 4.23. The molecule has 2 aliphatic rings. The number of aliphatic imine (C=N–C) groups is 1. The number of nitrogens with one attached hydrogen (secondary N) is 1. The zero-order valence-corrected chi connectivity index (χ0v) is 17.8. The Labute approximate surface area is 170 Å². The summed E-state index contributed by atoms with van der Waals surface area (Å²) in [4.78, 5) is 12.0. The fraction of sp³-hybridized carbons (Fsp3) is 0.682. The Morgan fingerprint density at radius 3 is 2.39 bits per heavy atom. The summed E-state index contributed by atoms with van der Waals surface area (Å²) in [6, 6.07) is 11.2. The first kappa shape index (κ1) is 20.9. The molecule has 1 atom stereocenters. The predicted octanol–water partition coefficient (Wildman–Crippen LogP) is 2.27.